The van der Waals surface area contributed by atoms with Gasteiger partial charge in [-0.15, -0.1) is 0 Å². The molecular weight excluding hydrogens is 313 g/mol. The van der Waals surface area contributed by atoms with Gasteiger partial charge in [0.1, 0.15) is 23.3 Å². The van der Waals surface area contributed by atoms with Crippen LogP contribution in [0.4, 0.5) is 4.39 Å². The van der Waals surface area contributed by atoms with Gasteiger partial charge in [-0.05, 0) is 31.5 Å². The van der Waals surface area contributed by atoms with Gasteiger partial charge in [0.05, 0.1) is 0 Å². The fourth-order valence-corrected chi connectivity index (χ4v) is 2.19. The van der Waals surface area contributed by atoms with Crippen molar-refractivity contribution in [2.75, 3.05) is 13.6 Å². The van der Waals surface area contributed by atoms with Crippen LogP contribution in [0.25, 0.3) is 0 Å². The third kappa shape index (κ3) is 3.92. The molecule has 0 unspecified atom stereocenters. The fourth-order valence-electron chi connectivity index (χ4n) is 2.19. The lowest BCUT2D eigenvalue weighted by molar-refractivity contribution is 0.0951. The number of nitrogens with one attached hydrogen (secondary N) is 3. The van der Waals surface area contributed by atoms with Crippen LogP contribution in [0.2, 0.25) is 0 Å². The fraction of sp³-hybridized carbons (Fsp3) is 0.294. The molecule has 2 aromatic rings. The van der Waals surface area contributed by atoms with Gasteiger partial charge >= 0.3 is 0 Å². The molecule has 1 aromatic heterocycles. The van der Waals surface area contributed by atoms with Gasteiger partial charge in [-0.3, -0.25) is 9.59 Å². The number of aromatic nitrogens is 1. The molecule has 2 rings (SSSR count). The van der Waals surface area contributed by atoms with E-state index in [2.05, 4.69) is 15.6 Å². The number of ether oxygens (including phenoxy) is 1. The van der Waals surface area contributed by atoms with Crippen LogP contribution in [-0.2, 0) is 0 Å². The predicted molar refractivity (Wildman–Crippen MR) is 87.6 cm³/mol. The highest BCUT2D eigenvalue weighted by Gasteiger charge is 2.21. The number of hydrogen-bond donors (Lipinski definition) is 3. The van der Waals surface area contributed by atoms with Gasteiger partial charge in [0, 0.05) is 19.7 Å². The standard InChI is InChI=1S/C17H20FN3O3/c1-4-20-16(22)13-9-14(15(21-13)17(23)19-3)24-10(2)11-5-7-12(18)8-6-11/h5-10,21H,4H2,1-3H3,(H,19,23)(H,20,22)/t10-/m0/s1. The molecular formula is C17H20FN3O3. The van der Waals surface area contributed by atoms with Crippen LogP contribution in [0.15, 0.2) is 30.3 Å². The molecule has 7 heteroatoms. The second kappa shape index (κ2) is 7.63. The molecule has 0 fully saturated rings. The summed E-state index contributed by atoms with van der Waals surface area (Å²) in [4.78, 5) is 26.7. The highest BCUT2D eigenvalue weighted by atomic mass is 19.1. The molecule has 0 aliphatic carbocycles. The summed E-state index contributed by atoms with van der Waals surface area (Å²) in [5.74, 6) is -0.802. The van der Waals surface area contributed by atoms with Crippen molar-refractivity contribution >= 4 is 11.8 Å². The van der Waals surface area contributed by atoms with Crippen molar-refractivity contribution in [3.63, 3.8) is 0 Å². The maximum Gasteiger partial charge on any atom is 0.271 e. The summed E-state index contributed by atoms with van der Waals surface area (Å²) >= 11 is 0. The van der Waals surface area contributed by atoms with E-state index in [0.717, 1.165) is 5.56 Å². The Bertz CT molecular complexity index is 725. The van der Waals surface area contributed by atoms with Crippen molar-refractivity contribution in [2.45, 2.75) is 20.0 Å². The van der Waals surface area contributed by atoms with Crippen molar-refractivity contribution in [2.24, 2.45) is 0 Å². The van der Waals surface area contributed by atoms with Gasteiger partial charge in [0.2, 0.25) is 0 Å². The van der Waals surface area contributed by atoms with E-state index >= 15 is 0 Å². The Kier molecular flexibility index (Phi) is 5.57. The van der Waals surface area contributed by atoms with E-state index in [9.17, 15) is 14.0 Å². The van der Waals surface area contributed by atoms with Crippen molar-refractivity contribution < 1.29 is 18.7 Å². The molecule has 0 saturated carbocycles. The van der Waals surface area contributed by atoms with Crippen LogP contribution in [0, 0.1) is 5.82 Å². The maximum absolute atomic E-state index is 13.0. The largest absolute Gasteiger partial charge is 0.484 e. The number of benzene rings is 1. The highest BCUT2D eigenvalue weighted by molar-refractivity contribution is 5.99. The molecule has 1 aromatic carbocycles. The van der Waals surface area contributed by atoms with Crippen molar-refractivity contribution in [1.29, 1.82) is 0 Å². The average Bonchev–Trinajstić information content (AvgIpc) is 2.99. The molecule has 6 nitrogen and oxygen atoms in total. The predicted octanol–water partition coefficient (Wildman–Crippen LogP) is 2.40. The number of rotatable bonds is 6. The summed E-state index contributed by atoms with van der Waals surface area (Å²) in [6.07, 6.45) is -0.424. The summed E-state index contributed by atoms with van der Waals surface area (Å²) in [5, 5.41) is 5.15. The number of hydrogen-bond acceptors (Lipinski definition) is 3. The summed E-state index contributed by atoms with van der Waals surface area (Å²) in [6.45, 7) is 4.05. The first kappa shape index (κ1) is 17.5. The number of halogens is 1. The molecule has 0 radical (unpaired) electrons. The first-order chi connectivity index (χ1) is 11.5. The van der Waals surface area contributed by atoms with Gasteiger partial charge in [-0.2, -0.15) is 0 Å². The second-order valence-corrected chi connectivity index (χ2v) is 5.17. The van der Waals surface area contributed by atoms with E-state index in [1.807, 2.05) is 0 Å². The number of carbonyl (C=O) groups is 2. The van der Waals surface area contributed by atoms with Crippen LogP contribution in [0.5, 0.6) is 5.75 Å². The quantitative estimate of drug-likeness (QED) is 0.759. The third-order valence-corrected chi connectivity index (χ3v) is 3.46. The Morgan fingerprint density at radius 2 is 1.92 bits per heavy atom. The summed E-state index contributed by atoms with van der Waals surface area (Å²) in [6, 6.07) is 7.38. The van der Waals surface area contributed by atoms with E-state index in [0.29, 0.717) is 6.54 Å². The first-order valence-electron chi connectivity index (χ1n) is 7.61. The molecule has 0 saturated heterocycles. The minimum Gasteiger partial charge on any atom is -0.484 e. The van der Waals surface area contributed by atoms with Crippen LogP contribution >= 0.6 is 0 Å². The molecule has 0 spiro atoms. The Hall–Kier alpha value is -2.83. The minimum absolute atomic E-state index is 0.160. The van der Waals surface area contributed by atoms with Gasteiger partial charge < -0.3 is 20.4 Å². The first-order valence-corrected chi connectivity index (χ1v) is 7.61. The summed E-state index contributed by atoms with van der Waals surface area (Å²) in [7, 11) is 1.49. The van der Waals surface area contributed by atoms with E-state index in [-0.39, 0.29) is 28.9 Å². The normalized spacial score (nSPS) is 11.7. The molecule has 0 bridgehead atoms. The monoisotopic (exact) mass is 333 g/mol. The van der Waals surface area contributed by atoms with Gasteiger partial charge in [0.15, 0.2) is 5.75 Å². The lowest BCUT2D eigenvalue weighted by Crippen LogP contribution is -2.23. The van der Waals surface area contributed by atoms with E-state index < -0.39 is 12.0 Å². The SMILES string of the molecule is CCNC(=O)c1cc(O[C@@H](C)c2ccc(F)cc2)c(C(=O)NC)[nH]1. The second-order valence-electron chi connectivity index (χ2n) is 5.17. The smallest absolute Gasteiger partial charge is 0.271 e. The van der Waals surface area contributed by atoms with E-state index in [1.54, 1.807) is 26.0 Å². The van der Waals surface area contributed by atoms with Gasteiger partial charge in [0.25, 0.3) is 11.8 Å². The number of carbonyl (C=O) groups excluding carboxylic acids is 2. The molecule has 0 aliphatic heterocycles. The van der Waals surface area contributed by atoms with Crippen LogP contribution in [-0.4, -0.2) is 30.4 Å². The zero-order valence-electron chi connectivity index (χ0n) is 13.8. The van der Waals surface area contributed by atoms with Crippen LogP contribution < -0.4 is 15.4 Å². The molecule has 1 atom stereocenters. The Morgan fingerprint density at radius 3 is 2.50 bits per heavy atom. The Morgan fingerprint density at radius 1 is 1.25 bits per heavy atom. The summed E-state index contributed by atoms with van der Waals surface area (Å²) < 4.78 is 18.8. The minimum atomic E-state index is -0.424. The van der Waals surface area contributed by atoms with Crippen LogP contribution in [0.3, 0.4) is 0 Å². The number of amides is 2. The van der Waals surface area contributed by atoms with Gasteiger partial charge in [-0.1, -0.05) is 12.1 Å². The Balaban J connectivity index is 2.28. The molecule has 0 aliphatic rings. The number of H-pyrrole nitrogens is 1. The number of aromatic amines is 1. The van der Waals surface area contributed by atoms with Crippen molar-refractivity contribution in [3.05, 3.63) is 53.1 Å². The topological polar surface area (TPSA) is 83.2 Å². The van der Waals surface area contributed by atoms with Crippen molar-refractivity contribution in [1.82, 2.24) is 15.6 Å². The lowest BCUT2D eigenvalue weighted by Gasteiger charge is -2.15. The molecule has 1 heterocycles. The molecule has 2 amide bonds. The van der Waals surface area contributed by atoms with Crippen LogP contribution in [0.1, 0.15) is 46.5 Å². The highest BCUT2D eigenvalue weighted by Crippen LogP contribution is 2.26. The zero-order valence-corrected chi connectivity index (χ0v) is 13.8. The van der Waals surface area contributed by atoms with Crippen molar-refractivity contribution in [3.8, 4) is 5.75 Å². The maximum atomic E-state index is 13.0. The Labute approximate surface area is 139 Å². The lowest BCUT2D eigenvalue weighted by atomic mass is 10.1. The van der Waals surface area contributed by atoms with E-state index in [1.165, 1.54) is 25.2 Å². The van der Waals surface area contributed by atoms with Gasteiger partial charge in [-0.25, -0.2) is 4.39 Å². The molecule has 128 valence electrons. The molecule has 3 N–H and O–H groups in total. The average molecular weight is 333 g/mol. The van der Waals surface area contributed by atoms with E-state index in [4.69, 9.17) is 4.74 Å². The zero-order chi connectivity index (χ0) is 17.7. The third-order valence-electron chi connectivity index (χ3n) is 3.46. The molecule has 24 heavy (non-hydrogen) atoms. The summed E-state index contributed by atoms with van der Waals surface area (Å²) in [5.41, 5.74) is 1.14.